The summed E-state index contributed by atoms with van der Waals surface area (Å²) in [6.07, 6.45) is 4.87. The average molecular weight is 549 g/mol. The van der Waals surface area contributed by atoms with Crippen LogP contribution in [-0.2, 0) is 0 Å². The summed E-state index contributed by atoms with van der Waals surface area (Å²) in [7, 11) is 0. The molecule has 9 heteroatoms. The zero-order valence-electron chi connectivity index (χ0n) is 16.3. The van der Waals surface area contributed by atoms with E-state index in [9.17, 15) is 5.11 Å². The first-order valence-corrected chi connectivity index (χ1v) is 11.2. The lowest BCUT2D eigenvalue weighted by Crippen LogP contribution is -1.91. The topological polar surface area (TPSA) is 62.8 Å². The summed E-state index contributed by atoms with van der Waals surface area (Å²) in [5.41, 5.74) is 2.74. The van der Waals surface area contributed by atoms with Crippen molar-refractivity contribution in [3.05, 3.63) is 97.5 Å². The smallest absolute Gasteiger partial charge is 0.251 e. The van der Waals surface area contributed by atoms with Crippen molar-refractivity contribution in [3.63, 3.8) is 0 Å². The maximum Gasteiger partial charge on any atom is 0.251 e. The van der Waals surface area contributed by atoms with Gasteiger partial charge in [-0.05, 0) is 42.5 Å². The largest absolute Gasteiger partial charge is 0.507 e. The molecule has 0 atom stereocenters. The molecule has 4 rings (SSSR count). The quantitative estimate of drug-likeness (QED) is 0.261. The van der Waals surface area contributed by atoms with Gasteiger partial charge in [0.15, 0.2) is 0 Å². The average Bonchev–Trinajstić information content (AvgIpc) is 3.17. The Balaban J connectivity index is 1.74. The summed E-state index contributed by atoms with van der Waals surface area (Å²) in [5.74, 6) is 0.417. The van der Waals surface area contributed by atoms with Gasteiger partial charge in [0.1, 0.15) is 5.75 Å². The fraction of sp³-hybridized carbons (Fsp3) is 0. The van der Waals surface area contributed by atoms with Gasteiger partial charge in [-0.25, -0.2) is 14.7 Å². The summed E-state index contributed by atoms with van der Waals surface area (Å²) in [6, 6.07) is 17.5. The summed E-state index contributed by atoms with van der Waals surface area (Å²) < 4.78 is 2.35. The summed E-state index contributed by atoms with van der Waals surface area (Å²) in [6.45, 7) is 0. The number of halogens is 4. The molecule has 5 nitrogen and oxygen atoms in total. The molecular weight excluding hydrogens is 535 g/mol. The van der Waals surface area contributed by atoms with Crippen molar-refractivity contribution < 1.29 is 5.11 Å². The van der Waals surface area contributed by atoms with Crippen LogP contribution in [0.5, 0.6) is 5.75 Å². The predicted molar refractivity (Wildman–Crippen MR) is 135 cm³/mol. The highest BCUT2D eigenvalue weighted by atomic mass is 79.9. The van der Waals surface area contributed by atoms with Gasteiger partial charge in [0, 0.05) is 37.4 Å². The number of rotatable bonds is 5. The number of benzene rings is 3. The zero-order chi connectivity index (χ0) is 22.7. The molecule has 4 aromatic rings. The number of phenolic OH excluding ortho intramolecular Hbond substituents is 1. The molecule has 160 valence electrons. The van der Waals surface area contributed by atoms with Crippen molar-refractivity contribution in [1.82, 2.24) is 9.66 Å². The molecular formula is C23H14BrCl3N4O. The van der Waals surface area contributed by atoms with Crippen LogP contribution in [0.4, 0.5) is 5.95 Å². The van der Waals surface area contributed by atoms with Crippen molar-refractivity contribution >= 4 is 69.1 Å². The van der Waals surface area contributed by atoms with Crippen molar-refractivity contribution in [2.75, 3.05) is 0 Å². The SMILES string of the molecule is Oc1ccc(Br)cc1/C=N/c1nc(-c2ccc(Cl)cc2)cn1N=Cc1ccc(Cl)cc1Cl. The van der Waals surface area contributed by atoms with E-state index in [4.69, 9.17) is 34.8 Å². The molecule has 0 radical (unpaired) electrons. The molecule has 32 heavy (non-hydrogen) atoms. The molecule has 3 aromatic carbocycles. The molecule has 1 aromatic heterocycles. The second kappa shape index (κ2) is 9.88. The standard InChI is InChI=1S/C23H14BrCl3N4O/c24-17-4-8-22(32)16(9-17)11-28-23-30-21(14-1-5-18(25)6-2-14)13-31(23)29-12-15-3-7-19(26)10-20(15)27/h1-13,32H/b28-11+,29-12?. The third kappa shape index (κ3) is 5.40. The predicted octanol–water partition coefficient (Wildman–Crippen LogP) is 7.61. The molecule has 1 N–H and O–H groups in total. The monoisotopic (exact) mass is 546 g/mol. The van der Waals surface area contributed by atoms with Gasteiger partial charge in [-0.3, -0.25) is 0 Å². The van der Waals surface area contributed by atoms with Crippen molar-refractivity contribution in [3.8, 4) is 17.0 Å². The van der Waals surface area contributed by atoms with Gasteiger partial charge in [-0.2, -0.15) is 5.10 Å². The van der Waals surface area contributed by atoms with E-state index in [1.54, 1.807) is 60.9 Å². The Morgan fingerprint density at radius 3 is 2.38 bits per heavy atom. The summed E-state index contributed by atoms with van der Waals surface area (Å²) in [5, 5.41) is 16.2. The van der Waals surface area contributed by atoms with E-state index in [1.165, 1.54) is 10.9 Å². The third-order valence-corrected chi connectivity index (χ3v) is 5.71. The summed E-state index contributed by atoms with van der Waals surface area (Å²) in [4.78, 5) is 9.03. The van der Waals surface area contributed by atoms with Crippen LogP contribution in [0.3, 0.4) is 0 Å². The maximum atomic E-state index is 10.1. The van der Waals surface area contributed by atoms with E-state index in [2.05, 4.69) is 31.0 Å². The van der Waals surface area contributed by atoms with Gasteiger partial charge in [0.05, 0.1) is 23.1 Å². The molecule has 0 unspecified atom stereocenters. The van der Waals surface area contributed by atoms with Crippen LogP contribution in [-0.4, -0.2) is 27.2 Å². The van der Waals surface area contributed by atoms with Gasteiger partial charge in [0.25, 0.3) is 5.95 Å². The molecule has 0 amide bonds. The minimum atomic E-state index is 0.101. The molecule has 0 saturated carbocycles. The van der Waals surface area contributed by atoms with Gasteiger partial charge in [-0.15, -0.1) is 0 Å². The first-order chi connectivity index (χ1) is 15.4. The van der Waals surface area contributed by atoms with E-state index < -0.39 is 0 Å². The Labute approximate surface area is 207 Å². The second-order valence-electron chi connectivity index (χ2n) is 6.65. The fourth-order valence-corrected chi connectivity index (χ4v) is 3.74. The molecule has 0 spiro atoms. The van der Waals surface area contributed by atoms with Gasteiger partial charge in [0.2, 0.25) is 0 Å². The molecule has 0 aliphatic heterocycles. The number of imidazole rings is 1. The van der Waals surface area contributed by atoms with E-state index in [0.717, 1.165) is 10.0 Å². The Morgan fingerprint density at radius 2 is 1.62 bits per heavy atom. The van der Waals surface area contributed by atoms with E-state index in [0.29, 0.717) is 37.8 Å². The van der Waals surface area contributed by atoms with Crippen molar-refractivity contribution in [2.45, 2.75) is 0 Å². The molecule has 0 saturated heterocycles. The Kier molecular flexibility index (Phi) is 6.96. The van der Waals surface area contributed by atoms with Crippen molar-refractivity contribution in [2.24, 2.45) is 10.1 Å². The molecule has 0 bridgehead atoms. The molecule has 0 aliphatic carbocycles. The van der Waals surface area contributed by atoms with Crippen LogP contribution in [0.1, 0.15) is 11.1 Å². The number of phenols is 1. The number of aromatic nitrogens is 2. The highest BCUT2D eigenvalue weighted by Crippen LogP contribution is 2.26. The van der Waals surface area contributed by atoms with E-state index >= 15 is 0 Å². The lowest BCUT2D eigenvalue weighted by atomic mass is 10.2. The van der Waals surface area contributed by atoms with Crippen molar-refractivity contribution in [1.29, 1.82) is 0 Å². The molecule has 0 fully saturated rings. The van der Waals surface area contributed by atoms with E-state index in [-0.39, 0.29) is 5.75 Å². The minimum absolute atomic E-state index is 0.101. The number of hydrogen-bond donors (Lipinski definition) is 1. The van der Waals surface area contributed by atoms with Crippen LogP contribution >= 0.6 is 50.7 Å². The number of nitrogens with zero attached hydrogens (tertiary/aromatic N) is 4. The first-order valence-electron chi connectivity index (χ1n) is 9.26. The fourth-order valence-electron chi connectivity index (χ4n) is 2.78. The van der Waals surface area contributed by atoms with Crippen LogP contribution in [0.15, 0.2) is 81.4 Å². The van der Waals surface area contributed by atoms with Gasteiger partial charge in [-0.1, -0.05) is 68.9 Å². The third-order valence-electron chi connectivity index (χ3n) is 4.40. The lowest BCUT2D eigenvalue weighted by molar-refractivity contribution is 0.474. The summed E-state index contributed by atoms with van der Waals surface area (Å²) >= 11 is 21.6. The van der Waals surface area contributed by atoms with Crippen LogP contribution in [0.25, 0.3) is 11.3 Å². The Hall–Kier alpha value is -2.64. The van der Waals surface area contributed by atoms with Gasteiger partial charge >= 0.3 is 0 Å². The first kappa shape index (κ1) is 22.6. The van der Waals surface area contributed by atoms with Crippen LogP contribution < -0.4 is 0 Å². The normalized spacial score (nSPS) is 11.6. The molecule has 0 aliphatic rings. The highest BCUT2D eigenvalue weighted by molar-refractivity contribution is 9.10. The second-order valence-corrected chi connectivity index (χ2v) is 8.85. The number of aromatic hydroxyl groups is 1. The number of hydrogen-bond acceptors (Lipinski definition) is 4. The van der Waals surface area contributed by atoms with E-state index in [1.807, 2.05) is 12.1 Å². The van der Waals surface area contributed by atoms with Crippen LogP contribution in [0, 0.1) is 0 Å². The Morgan fingerprint density at radius 1 is 0.875 bits per heavy atom. The zero-order valence-corrected chi connectivity index (χ0v) is 20.1. The number of aliphatic imine (C=N–C) groups is 1. The van der Waals surface area contributed by atoms with Crippen LogP contribution in [0.2, 0.25) is 15.1 Å². The highest BCUT2D eigenvalue weighted by Gasteiger charge is 2.09. The minimum Gasteiger partial charge on any atom is -0.507 e. The molecule has 1 heterocycles. The maximum absolute atomic E-state index is 10.1. The Bertz CT molecular complexity index is 1330. The van der Waals surface area contributed by atoms with Gasteiger partial charge < -0.3 is 5.11 Å². The lowest BCUT2D eigenvalue weighted by Gasteiger charge is -2.00.